The van der Waals surface area contributed by atoms with Crippen LogP contribution in [0.15, 0.2) is 40.9 Å². The lowest BCUT2D eigenvalue weighted by atomic mass is 9.98. The second-order valence-electron chi connectivity index (χ2n) is 4.68. The molecule has 5 heteroatoms. The van der Waals surface area contributed by atoms with Gasteiger partial charge in [0.15, 0.2) is 0 Å². The minimum atomic E-state index is -0.257. The average Bonchev–Trinajstić information content (AvgIpc) is 2.44. The van der Waals surface area contributed by atoms with Gasteiger partial charge in [0.05, 0.1) is 0 Å². The molecule has 0 saturated heterocycles. The van der Waals surface area contributed by atoms with Crippen LogP contribution in [0.4, 0.5) is 4.39 Å². The molecule has 2 aromatic carbocycles. The monoisotopic (exact) mass is 481 g/mol. The largest absolute Gasteiger partial charge is 0.310 e. The topological polar surface area (TPSA) is 12.0 Å². The highest BCUT2D eigenvalue weighted by molar-refractivity contribution is 14.1. The van der Waals surface area contributed by atoms with Crippen molar-refractivity contribution in [1.82, 2.24) is 5.32 Å². The minimum absolute atomic E-state index is 0.00786. The molecule has 2 aromatic rings. The van der Waals surface area contributed by atoms with Gasteiger partial charge >= 0.3 is 0 Å². The maximum Gasteiger partial charge on any atom is 0.127 e. The van der Waals surface area contributed by atoms with E-state index in [1.165, 1.54) is 6.07 Å². The molecule has 1 N–H and O–H groups in total. The second kappa shape index (κ2) is 7.90. The molecule has 0 aliphatic heterocycles. The smallest absolute Gasteiger partial charge is 0.127 e. The third-order valence-corrected chi connectivity index (χ3v) is 5.00. The van der Waals surface area contributed by atoms with Crippen LogP contribution in [0.3, 0.4) is 0 Å². The Morgan fingerprint density at radius 2 is 2.10 bits per heavy atom. The first-order chi connectivity index (χ1) is 10.0. The molecule has 0 fully saturated rings. The maximum atomic E-state index is 14.0. The van der Waals surface area contributed by atoms with Crippen molar-refractivity contribution in [2.75, 3.05) is 6.54 Å². The van der Waals surface area contributed by atoms with Gasteiger partial charge in [-0.1, -0.05) is 40.5 Å². The van der Waals surface area contributed by atoms with Crippen molar-refractivity contribution in [1.29, 1.82) is 0 Å². The number of nitrogens with one attached hydrogen (secondary N) is 1. The van der Waals surface area contributed by atoms with Gasteiger partial charge in [-0.05, 0) is 71.5 Å². The fraction of sp³-hybridized carbons (Fsp3) is 0.250. The number of hydrogen-bond acceptors (Lipinski definition) is 1. The zero-order valence-electron chi connectivity index (χ0n) is 11.5. The fourth-order valence-electron chi connectivity index (χ4n) is 2.25. The van der Waals surface area contributed by atoms with E-state index >= 15 is 0 Å². The van der Waals surface area contributed by atoms with Gasteiger partial charge in [0, 0.05) is 24.7 Å². The van der Waals surface area contributed by atoms with E-state index in [1.807, 2.05) is 19.1 Å². The van der Waals surface area contributed by atoms with Crippen molar-refractivity contribution >= 4 is 50.1 Å². The lowest BCUT2D eigenvalue weighted by Gasteiger charge is -2.21. The van der Waals surface area contributed by atoms with Gasteiger partial charge in [0.2, 0.25) is 0 Å². The van der Waals surface area contributed by atoms with Gasteiger partial charge in [-0.15, -0.1) is 0 Å². The van der Waals surface area contributed by atoms with E-state index < -0.39 is 0 Å². The van der Waals surface area contributed by atoms with Crippen LogP contribution in [-0.4, -0.2) is 6.54 Å². The molecule has 1 unspecified atom stereocenters. The van der Waals surface area contributed by atoms with Crippen LogP contribution >= 0.6 is 50.1 Å². The van der Waals surface area contributed by atoms with Crippen LogP contribution in [0.2, 0.25) is 5.02 Å². The number of likely N-dealkylation sites (N-methyl/N-ethyl adjacent to an activating group) is 1. The summed E-state index contributed by atoms with van der Waals surface area (Å²) in [4.78, 5) is 0. The third kappa shape index (κ3) is 4.41. The van der Waals surface area contributed by atoms with E-state index in [-0.39, 0.29) is 11.9 Å². The lowest BCUT2D eigenvalue weighted by molar-refractivity contribution is 0.526. The van der Waals surface area contributed by atoms with E-state index in [9.17, 15) is 4.39 Å². The van der Waals surface area contributed by atoms with Crippen LogP contribution in [0.1, 0.15) is 24.1 Å². The van der Waals surface area contributed by atoms with Crippen molar-refractivity contribution < 1.29 is 4.39 Å². The first-order valence-electron chi connectivity index (χ1n) is 6.64. The molecule has 0 bridgehead atoms. The standard InChI is InChI=1S/C16H15BrClFIN/c1-2-21-16(11-8-10(20)6-7-13(11)17)9-12-14(18)4-3-5-15(12)19/h3-8,16,21H,2,9H2,1H3. The van der Waals surface area contributed by atoms with E-state index in [0.29, 0.717) is 17.0 Å². The summed E-state index contributed by atoms with van der Waals surface area (Å²) in [5, 5.41) is 3.88. The molecule has 1 atom stereocenters. The van der Waals surface area contributed by atoms with E-state index in [1.54, 1.807) is 12.1 Å². The van der Waals surface area contributed by atoms with Crippen LogP contribution in [0, 0.1) is 9.39 Å². The molecule has 0 aliphatic carbocycles. The first kappa shape index (κ1) is 17.2. The molecule has 0 radical (unpaired) electrons. The summed E-state index contributed by atoms with van der Waals surface area (Å²) in [5.41, 5.74) is 1.67. The number of hydrogen-bond donors (Lipinski definition) is 1. The highest BCUT2D eigenvalue weighted by atomic mass is 127. The molecular weight excluding hydrogens is 467 g/mol. The Hall–Kier alpha value is -0.170. The van der Waals surface area contributed by atoms with E-state index in [2.05, 4.69) is 49.9 Å². The zero-order chi connectivity index (χ0) is 15.4. The van der Waals surface area contributed by atoms with Crippen molar-refractivity contribution in [3.05, 3.63) is 66.4 Å². The lowest BCUT2D eigenvalue weighted by Crippen LogP contribution is -2.24. The van der Waals surface area contributed by atoms with Gasteiger partial charge in [-0.25, -0.2) is 4.39 Å². The highest BCUT2D eigenvalue weighted by Gasteiger charge is 2.18. The molecular formula is C16H15BrClFIN. The predicted octanol–water partition coefficient (Wildman–Crippen LogP) is 5.74. The summed E-state index contributed by atoms with van der Waals surface area (Å²) < 4.78 is 16.2. The summed E-state index contributed by atoms with van der Waals surface area (Å²) in [7, 11) is 0. The van der Waals surface area contributed by atoms with Gasteiger partial charge in [0.1, 0.15) is 5.82 Å². The van der Waals surface area contributed by atoms with Crippen molar-refractivity contribution in [3.63, 3.8) is 0 Å². The molecule has 21 heavy (non-hydrogen) atoms. The Morgan fingerprint density at radius 3 is 2.76 bits per heavy atom. The van der Waals surface area contributed by atoms with Crippen LogP contribution in [0.25, 0.3) is 0 Å². The van der Waals surface area contributed by atoms with Crippen LogP contribution in [0.5, 0.6) is 0 Å². The van der Waals surface area contributed by atoms with E-state index in [4.69, 9.17) is 11.6 Å². The highest BCUT2D eigenvalue weighted by Crippen LogP contribution is 2.30. The molecule has 0 heterocycles. The Labute approximate surface area is 151 Å². The second-order valence-corrected chi connectivity index (χ2v) is 7.19. The number of rotatable bonds is 5. The summed E-state index contributed by atoms with van der Waals surface area (Å²) in [5.74, 6) is -0.257. The molecule has 112 valence electrons. The number of halogens is 4. The molecule has 1 nitrogen and oxygen atoms in total. The van der Waals surface area contributed by atoms with E-state index in [0.717, 1.165) is 20.2 Å². The Balaban J connectivity index is 2.38. The van der Waals surface area contributed by atoms with Gasteiger partial charge in [-0.2, -0.15) is 0 Å². The normalized spacial score (nSPS) is 12.4. The fourth-order valence-corrected chi connectivity index (χ4v) is 3.53. The van der Waals surface area contributed by atoms with Gasteiger partial charge in [-0.3, -0.25) is 0 Å². The Bertz CT molecular complexity index is 615. The molecule has 2 rings (SSSR count). The van der Waals surface area contributed by atoms with Crippen LogP contribution in [-0.2, 0) is 6.42 Å². The van der Waals surface area contributed by atoms with Gasteiger partial charge in [0.25, 0.3) is 0 Å². The van der Waals surface area contributed by atoms with Crippen molar-refractivity contribution in [2.24, 2.45) is 0 Å². The Kier molecular flexibility index (Phi) is 6.47. The first-order valence-corrected chi connectivity index (χ1v) is 8.89. The summed E-state index contributed by atoms with van der Waals surface area (Å²) >= 11 is 12.0. The molecule has 0 saturated carbocycles. The van der Waals surface area contributed by atoms with Crippen LogP contribution < -0.4 is 5.32 Å². The SMILES string of the molecule is CCNC(Cc1c(F)cccc1Cl)c1cc(I)ccc1Br. The van der Waals surface area contributed by atoms with Gasteiger partial charge < -0.3 is 5.32 Å². The van der Waals surface area contributed by atoms with Crippen molar-refractivity contribution in [2.45, 2.75) is 19.4 Å². The number of benzene rings is 2. The molecule has 0 aliphatic rings. The summed E-state index contributed by atoms with van der Waals surface area (Å²) in [6, 6.07) is 11.0. The summed E-state index contributed by atoms with van der Waals surface area (Å²) in [6.07, 6.45) is 0.512. The molecule has 0 amide bonds. The maximum absolute atomic E-state index is 14.0. The quantitative estimate of drug-likeness (QED) is 0.536. The zero-order valence-corrected chi connectivity index (χ0v) is 16.0. The predicted molar refractivity (Wildman–Crippen MR) is 98.4 cm³/mol. The molecule has 0 aromatic heterocycles. The average molecular weight is 483 g/mol. The Morgan fingerprint density at radius 1 is 1.33 bits per heavy atom. The third-order valence-electron chi connectivity index (χ3n) is 3.25. The molecule has 0 spiro atoms. The summed E-state index contributed by atoms with van der Waals surface area (Å²) in [6.45, 7) is 2.84. The van der Waals surface area contributed by atoms with Crippen molar-refractivity contribution in [3.8, 4) is 0 Å². The minimum Gasteiger partial charge on any atom is -0.310 e.